The van der Waals surface area contributed by atoms with Crippen molar-refractivity contribution < 1.29 is 0 Å². The molecule has 0 aromatic rings. The van der Waals surface area contributed by atoms with E-state index in [1.54, 1.807) is 0 Å². The lowest BCUT2D eigenvalue weighted by Crippen LogP contribution is -2.57. The van der Waals surface area contributed by atoms with Crippen LogP contribution in [-0.2, 0) is 0 Å². The second-order valence-corrected chi connectivity index (χ2v) is 6.44. The molecule has 2 aliphatic rings. The normalized spacial score (nSPS) is 29.2. The lowest BCUT2D eigenvalue weighted by Gasteiger charge is -2.48. The number of piperidine rings is 1. The van der Waals surface area contributed by atoms with Crippen molar-refractivity contribution in [3.05, 3.63) is 0 Å². The minimum absolute atomic E-state index is 0.366. The van der Waals surface area contributed by atoms with Gasteiger partial charge in [-0.25, -0.2) is 0 Å². The molecule has 0 bridgehead atoms. The molecule has 88 valence electrons. The summed E-state index contributed by atoms with van der Waals surface area (Å²) in [5.74, 6) is 3.54. The maximum atomic E-state index is 6.05. The van der Waals surface area contributed by atoms with Crippen molar-refractivity contribution in [2.24, 2.45) is 11.7 Å². The summed E-state index contributed by atoms with van der Waals surface area (Å²) in [5.41, 5.74) is 6.42. The third-order valence-corrected chi connectivity index (χ3v) is 5.24. The second kappa shape index (κ2) is 5.07. The summed E-state index contributed by atoms with van der Waals surface area (Å²) in [6.07, 6.45) is 5.36. The Labute approximate surface area is 98.0 Å². The molecule has 0 saturated carbocycles. The fraction of sp³-hybridized carbons (Fsp3) is 1.00. The van der Waals surface area contributed by atoms with E-state index in [4.69, 9.17) is 5.73 Å². The van der Waals surface area contributed by atoms with Gasteiger partial charge in [-0.3, -0.25) is 4.90 Å². The average Bonchev–Trinajstić information content (AvgIpc) is 2.31. The Bertz CT molecular complexity index is 194. The topological polar surface area (TPSA) is 29.3 Å². The van der Waals surface area contributed by atoms with Crippen molar-refractivity contribution in [2.75, 3.05) is 31.1 Å². The van der Waals surface area contributed by atoms with Crippen molar-refractivity contribution in [2.45, 2.75) is 38.1 Å². The Hall–Kier alpha value is 0.270. The predicted molar refractivity (Wildman–Crippen MR) is 68.3 cm³/mol. The molecule has 0 spiro atoms. The van der Waals surface area contributed by atoms with Crippen LogP contribution in [0.4, 0.5) is 0 Å². The molecule has 2 aliphatic heterocycles. The molecular weight excluding hydrogens is 204 g/mol. The van der Waals surface area contributed by atoms with E-state index in [9.17, 15) is 0 Å². The number of hydrogen-bond donors (Lipinski definition) is 1. The van der Waals surface area contributed by atoms with Gasteiger partial charge >= 0.3 is 0 Å². The first-order valence-electron chi connectivity index (χ1n) is 6.30. The zero-order valence-corrected chi connectivity index (χ0v) is 10.7. The first kappa shape index (κ1) is 11.7. The molecule has 2 N–H and O–H groups in total. The van der Waals surface area contributed by atoms with Crippen LogP contribution in [-0.4, -0.2) is 41.6 Å². The van der Waals surface area contributed by atoms with Crippen LogP contribution >= 0.6 is 11.8 Å². The van der Waals surface area contributed by atoms with Crippen LogP contribution in [0.2, 0.25) is 0 Å². The molecule has 0 amide bonds. The van der Waals surface area contributed by atoms with E-state index in [1.807, 2.05) is 0 Å². The first-order valence-corrected chi connectivity index (χ1v) is 7.45. The standard InChI is InChI=1S/C12H24N2S/c1-11-2-6-14(7-3-11)12(10-13)4-8-15-9-5-12/h11H,2-10,13H2,1H3. The minimum Gasteiger partial charge on any atom is -0.329 e. The largest absolute Gasteiger partial charge is 0.329 e. The molecule has 0 unspecified atom stereocenters. The van der Waals surface area contributed by atoms with Crippen molar-refractivity contribution in [1.82, 2.24) is 4.90 Å². The molecular formula is C12H24N2S. The fourth-order valence-corrected chi connectivity index (χ4v) is 4.14. The second-order valence-electron chi connectivity index (χ2n) is 5.21. The van der Waals surface area contributed by atoms with Crippen LogP contribution < -0.4 is 5.73 Å². The summed E-state index contributed by atoms with van der Waals surface area (Å²) in [6, 6.07) is 0. The van der Waals surface area contributed by atoms with Crippen molar-refractivity contribution >= 4 is 11.8 Å². The number of rotatable bonds is 2. The van der Waals surface area contributed by atoms with Gasteiger partial charge in [0.1, 0.15) is 0 Å². The highest BCUT2D eigenvalue weighted by atomic mass is 32.2. The predicted octanol–water partition coefficient (Wildman–Crippen LogP) is 1.94. The molecule has 2 saturated heterocycles. The Morgan fingerprint density at radius 2 is 1.87 bits per heavy atom. The summed E-state index contributed by atoms with van der Waals surface area (Å²) in [6.45, 7) is 5.80. The monoisotopic (exact) mass is 228 g/mol. The minimum atomic E-state index is 0.366. The van der Waals surface area contributed by atoms with E-state index in [2.05, 4.69) is 23.6 Å². The van der Waals surface area contributed by atoms with E-state index in [1.165, 1.54) is 50.3 Å². The smallest absolute Gasteiger partial charge is 0.0347 e. The number of nitrogens with two attached hydrogens (primary N) is 1. The van der Waals surface area contributed by atoms with Gasteiger partial charge in [0.2, 0.25) is 0 Å². The van der Waals surface area contributed by atoms with Gasteiger partial charge in [-0.15, -0.1) is 0 Å². The number of nitrogens with zero attached hydrogens (tertiary/aromatic N) is 1. The van der Waals surface area contributed by atoms with Gasteiger partial charge < -0.3 is 5.73 Å². The Kier molecular flexibility index (Phi) is 3.97. The number of likely N-dealkylation sites (tertiary alicyclic amines) is 1. The molecule has 0 radical (unpaired) electrons. The van der Waals surface area contributed by atoms with Crippen LogP contribution in [0, 0.1) is 5.92 Å². The maximum Gasteiger partial charge on any atom is 0.0347 e. The van der Waals surface area contributed by atoms with Gasteiger partial charge in [0.15, 0.2) is 0 Å². The van der Waals surface area contributed by atoms with Gasteiger partial charge in [-0.2, -0.15) is 11.8 Å². The average molecular weight is 228 g/mol. The molecule has 3 heteroatoms. The Morgan fingerprint density at radius 1 is 1.27 bits per heavy atom. The SMILES string of the molecule is CC1CCN(C2(CN)CCSCC2)CC1. The number of thioether (sulfide) groups is 1. The van der Waals surface area contributed by atoms with Crippen molar-refractivity contribution in [1.29, 1.82) is 0 Å². The highest BCUT2D eigenvalue weighted by Gasteiger charge is 2.37. The first-order chi connectivity index (χ1) is 7.27. The highest BCUT2D eigenvalue weighted by molar-refractivity contribution is 7.99. The van der Waals surface area contributed by atoms with E-state index in [0.29, 0.717) is 5.54 Å². The zero-order chi connectivity index (χ0) is 10.7. The molecule has 15 heavy (non-hydrogen) atoms. The van der Waals surface area contributed by atoms with Crippen molar-refractivity contribution in [3.63, 3.8) is 0 Å². The van der Waals surface area contributed by atoms with E-state index >= 15 is 0 Å². The van der Waals surface area contributed by atoms with Crippen molar-refractivity contribution in [3.8, 4) is 0 Å². The lowest BCUT2D eigenvalue weighted by atomic mass is 9.86. The molecule has 0 aromatic carbocycles. The molecule has 0 atom stereocenters. The highest BCUT2D eigenvalue weighted by Crippen LogP contribution is 2.34. The van der Waals surface area contributed by atoms with E-state index in [-0.39, 0.29) is 0 Å². The third-order valence-electron chi connectivity index (χ3n) is 4.26. The van der Waals surface area contributed by atoms with Gasteiger partial charge in [0.05, 0.1) is 0 Å². The molecule has 2 nitrogen and oxygen atoms in total. The van der Waals surface area contributed by atoms with Gasteiger partial charge in [0.25, 0.3) is 0 Å². The summed E-state index contributed by atoms with van der Waals surface area (Å²) in [5, 5.41) is 0. The van der Waals surface area contributed by atoms with Crippen LogP contribution in [0.25, 0.3) is 0 Å². The van der Waals surface area contributed by atoms with Gasteiger partial charge in [0, 0.05) is 12.1 Å². The zero-order valence-electron chi connectivity index (χ0n) is 9.87. The quantitative estimate of drug-likeness (QED) is 0.783. The van der Waals surface area contributed by atoms with Gasteiger partial charge in [-0.1, -0.05) is 6.92 Å². The summed E-state index contributed by atoms with van der Waals surface area (Å²) in [7, 11) is 0. The summed E-state index contributed by atoms with van der Waals surface area (Å²) < 4.78 is 0. The van der Waals surface area contributed by atoms with E-state index in [0.717, 1.165) is 12.5 Å². The summed E-state index contributed by atoms with van der Waals surface area (Å²) in [4.78, 5) is 2.70. The molecule has 2 heterocycles. The lowest BCUT2D eigenvalue weighted by molar-refractivity contribution is 0.0508. The molecule has 2 rings (SSSR count). The van der Waals surface area contributed by atoms with Crippen LogP contribution in [0.15, 0.2) is 0 Å². The number of hydrogen-bond acceptors (Lipinski definition) is 3. The van der Waals surface area contributed by atoms with Gasteiger partial charge in [-0.05, 0) is 56.2 Å². The maximum absolute atomic E-state index is 6.05. The molecule has 0 aliphatic carbocycles. The fourth-order valence-electron chi connectivity index (χ4n) is 2.88. The molecule has 0 aromatic heterocycles. The van der Waals surface area contributed by atoms with Crippen LogP contribution in [0.3, 0.4) is 0 Å². The third kappa shape index (κ3) is 2.51. The Balaban J connectivity index is 1.98. The summed E-state index contributed by atoms with van der Waals surface area (Å²) >= 11 is 2.09. The Morgan fingerprint density at radius 3 is 2.40 bits per heavy atom. The van der Waals surface area contributed by atoms with E-state index < -0.39 is 0 Å². The molecule has 2 fully saturated rings. The van der Waals surface area contributed by atoms with Crippen LogP contribution in [0.1, 0.15) is 32.6 Å². The van der Waals surface area contributed by atoms with Crippen LogP contribution in [0.5, 0.6) is 0 Å².